The smallest absolute Gasteiger partial charge is 0.234 e. The number of halogens is 1. The van der Waals surface area contributed by atoms with Crippen LogP contribution in [0.1, 0.15) is 18.4 Å². The average molecular weight is 331 g/mol. The third-order valence-electron chi connectivity index (χ3n) is 4.32. The highest BCUT2D eigenvalue weighted by Crippen LogP contribution is 2.17. The summed E-state index contributed by atoms with van der Waals surface area (Å²) in [6, 6.07) is 6.50. The Morgan fingerprint density at radius 3 is 3.04 bits per heavy atom. The van der Waals surface area contributed by atoms with Crippen molar-refractivity contribution in [1.29, 1.82) is 0 Å². The highest BCUT2D eigenvalue weighted by Gasteiger charge is 2.22. The van der Waals surface area contributed by atoms with Crippen molar-refractivity contribution in [3.05, 3.63) is 48.3 Å². The minimum absolute atomic E-state index is 0.0698. The summed E-state index contributed by atoms with van der Waals surface area (Å²) < 4.78 is 15.4. The standard InChI is InChI=1S/C17H22FN5O/c18-16-6-2-1-5-15(16)8-20-17(24)11-22-7-3-4-14(9-22)10-23-13-19-12-21-23/h1-2,5-6,12-14H,3-4,7-11H2,(H,20,24)/t14-/m1/s1. The number of carbonyl (C=O) groups is 1. The largest absolute Gasteiger partial charge is 0.351 e. The van der Waals surface area contributed by atoms with E-state index in [1.165, 1.54) is 12.4 Å². The Bertz CT molecular complexity index is 661. The Morgan fingerprint density at radius 1 is 1.38 bits per heavy atom. The van der Waals surface area contributed by atoms with E-state index in [4.69, 9.17) is 0 Å². The lowest BCUT2D eigenvalue weighted by Crippen LogP contribution is -2.43. The lowest BCUT2D eigenvalue weighted by atomic mass is 9.98. The number of aromatic nitrogens is 3. The molecule has 7 heteroatoms. The van der Waals surface area contributed by atoms with Crippen molar-refractivity contribution >= 4 is 5.91 Å². The molecule has 0 aliphatic carbocycles. The molecule has 0 bridgehead atoms. The van der Waals surface area contributed by atoms with Crippen LogP contribution in [0.3, 0.4) is 0 Å². The van der Waals surface area contributed by atoms with Crippen molar-refractivity contribution in [3.63, 3.8) is 0 Å². The number of carbonyl (C=O) groups excluding carboxylic acids is 1. The fourth-order valence-electron chi connectivity index (χ4n) is 3.13. The maximum absolute atomic E-state index is 13.6. The molecule has 2 heterocycles. The third-order valence-corrected chi connectivity index (χ3v) is 4.32. The first kappa shape index (κ1) is 16.6. The summed E-state index contributed by atoms with van der Waals surface area (Å²) in [7, 11) is 0. The summed E-state index contributed by atoms with van der Waals surface area (Å²) in [6.45, 7) is 3.19. The molecule has 1 aliphatic rings. The number of piperidine rings is 1. The molecule has 1 atom stereocenters. The van der Waals surface area contributed by atoms with Gasteiger partial charge in [-0.05, 0) is 31.4 Å². The van der Waals surface area contributed by atoms with Gasteiger partial charge in [0.1, 0.15) is 18.5 Å². The van der Waals surface area contributed by atoms with E-state index in [0.717, 1.165) is 32.5 Å². The van der Waals surface area contributed by atoms with E-state index in [9.17, 15) is 9.18 Å². The Balaban J connectivity index is 1.44. The van der Waals surface area contributed by atoms with Crippen molar-refractivity contribution < 1.29 is 9.18 Å². The summed E-state index contributed by atoms with van der Waals surface area (Å²) >= 11 is 0. The zero-order chi connectivity index (χ0) is 16.8. The number of hydrogen-bond acceptors (Lipinski definition) is 4. The fraction of sp³-hybridized carbons (Fsp3) is 0.471. The van der Waals surface area contributed by atoms with Crippen LogP contribution in [-0.2, 0) is 17.9 Å². The molecule has 1 amide bonds. The summed E-state index contributed by atoms with van der Waals surface area (Å²) in [4.78, 5) is 18.2. The van der Waals surface area contributed by atoms with Gasteiger partial charge >= 0.3 is 0 Å². The van der Waals surface area contributed by atoms with Gasteiger partial charge in [0.2, 0.25) is 5.91 Å². The van der Waals surface area contributed by atoms with Gasteiger partial charge in [0.15, 0.2) is 0 Å². The molecular weight excluding hydrogens is 309 g/mol. The van der Waals surface area contributed by atoms with E-state index in [2.05, 4.69) is 20.3 Å². The lowest BCUT2D eigenvalue weighted by molar-refractivity contribution is -0.122. The first-order valence-electron chi connectivity index (χ1n) is 8.25. The van der Waals surface area contributed by atoms with E-state index < -0.39 is 0 Å². The van der Waals surface area contributed by atoms with E-state index in [-0.39, 0.29) is 18.3 Å². The monoisotopic (exact) mass is 331 g/mol. The predicted molar refractivity (Wildman–Crippen MR) is 87.4 cm³/mol. The van der Waals surface area contributed by atoms with Crippen LogP contribution in [0.2, 0.25) is 0 Å². The van der Waals surface area contributed by atoms with Gasteiger partial charge in [0.25, 0.3) is 0 Å². The molecule has 0 saturated carbocycles. The highest BCUT2D eigenvalue weighted by atomic mass is 19.1. The Kier molecular flexibility index (Phi) is 5.53. The molecule has 0 spiro atoms. The molecule has 1 aliphatic heterocycles. The number of amides is 1. The Labute approximate surface area is 140 Å². The van der Waals surface area contributed by atoms with Crippen molar-refractivity contribution in [2.45, 2.75) is 25.9 Å². The number of nitrogens with zero attached hydrogens (tertiary/aromatic N) is 4. The van der Waals surface area contributed by atoms with Crippen LogP contribution in [0.5, 0.6) is 0 Å². The quantitative estimate of drug-likeness (QED) is 0.870. The lowest BCUT2D eigenvalue weighted by Gasteiger charge is -2.32. The van der Waals surface area contributed by atoms with Crippen LogP contribution >= 0.6 is 0 Å². The van der Waals surface area contributed by atoms with E-state index >= 15 is 0 Å². The van der Waals surface area contributed by atoms with Crippen LogP contribution in [0.4, 0.5) is 4.39 Å². The van der Waals surface area contributed by atoms with Gasteiger partial charge in [-0.2, -0.15) is 5.10 Å². The summed E-state index contributed by atoms with van der Waals surface area (Å²) in [5.74, 6) is 0.114. The number of hydrogen-bond donors (Lipinski definition) is 1. The predicted octanol–water partition coefficient (Wildman–Crippen LogP) is 1.45. The van der Waals surface area contributed by atoms with Gasteiger partial charge in [-0.1, -0.05) is 18.2 Å². The molecule has 128 valence electrons. The second-order valence-corrected chi connectivity index (χ2v) is 6.23. The average Bonchev–Trinajstić information content (AvgIpc) is 3.07. The molecule has 0 unspecified atom stereocenters. The molecule has 2 aromatic rings. The highest BCUT2D eigenvalue weighted by molar-refractivity contribution is 5.78. The molecule has 24 heavy (non-hydrogen) atoms. The van der Waals surface area contributed by atoms with Crippen molar-refractivity contribution in [1.82, 2.24) is 25.0 Å². The van der Waals surface area contributed by atoms with Crippen LogP contribution in [0, 0.1) is 11.7 Å². The minimum atomic E-state index is -0.288. The Hall–Kier alpha value is -2.28. The maximum atomic E-state index is 13.6. The van der Waals surface area contributed by atoms with Crippen LogP contribution in [0.15, 0.2) is 36.9 Å². The van der Waals surface area contributed by atoms with Gasteiger partial charge in [-0.15, -0.1) is 0 Å². The summed E-state index contributed by atoms with van der Waals surface area (Å²) in [5.41, 5.74) is 0.508. The van der Waals surface area contributed by atoms with E-state index in [1.807, 2.05) is 4.68 Å². The molecule has 1 aromatic carbocycles. The van der Waals surface area contributed by atoms with E-state index in [1.54, 1.807) is 24.5 Å². The van der Waals surface area contributed by atoms with Gasteiger partial charge < -0.3 is 5.32 Å². The summed E-state index contributed by atoms with van der Waals surface area (Å²) in [5, 5.41) is 6.94. The zero-order valence-electron chi connectivity index (χ0n) is 13.6. The second kappa shape index (κ2) is 8.01. The van der Waals surface area contributed by atoms with Gasteiger partial charge in [-0.25, -0.2) is 9.37 Å². The van der Waals surface area contributed by atoms with Gasteiger partial charge in [0.05, 0.1) is 6.54 Å². The molecule has 1 saturated heterocycles. The van der Waals surface area contributed by atoms with Crippen molar-refractivity contribution in [2.24, 2.45) is 5.92 Å². The Morgan fingerprint density at radius 2 is 2.25 bits per heavy atom. The second-order valence-electron chi connectivity index (χ2n) is 6.23. The molecule has 1 N–H and O–H groups in total. The summed E-state index contributed by atoms with van der Waals surface area (Å²) in [6.07, 6.45) is 5.46. The van der Waals surface area contributed by atoms with Gasteiger partial charge in [0, 0.05) is 25.2 Å². The fourth-order valence-corrected chi connectivity index (χ4v) is 3.13. The van der Waals surface area contributed by atoms with Crippen LogP contribution in [0.25, 0.3) is 0 Å². The first-order valence-corrected chi connectivity index (χ1v) is 8.25. The van der Waals surface area contributed by atoms with Crippen LogP contribution in [-0.4, -0.2) is 45.2 Å². The normalized spacial score (nSPS) is 18.5. The molecule has 1 fully saturated rings. The number of benzene rings is 1. The van der Waals surface area contributed by atoms with E-state index in [0.29, 0.717) is 18.0 Å². The number of nitrogens with one attached hydrogen (secondary N) is 1. The first-order chi connectivity index (χ1) is 11.7. The molecule has 6 nitrogen and oxygen atoms in total. The van der Waals surface area contributed by atoms with Crippen molar-refractivity contribution in [2.75, 3.05) is 19.6 Å². The number of rotatable bonds is 6. The molecule has 0 radical (unpaired) electrons. The van der Waals surface area contributed by atoms with Crippen molar-refractivity contribution in [3.8, 4) is 0 Å². The minimum Gasteiger partial charge on any atom is -0.351 e. The molecular formula is C17H22FN5O. The number of likely N-dealkylation sites (tertiary alicyclic amines) is 1. The molecule has 1 aromatic heterocycles. The van der Waals surface area contributed by atoms with Crippen LogP contribution < -0.4 is 5.32 Å². The SMILES string of the molecule is O=C(CN1CCC[C@@H](Cn2cncn2)C1)NCc1ccccc1F. The van der Waals surface area contributed by atoms with Gasteiger partial charge in [-0.3, -0.25) is 14.4 Å². The third kappa shape index (κ3) is 4.61. The topological polar surface area (TPSA) is 63.1 Å². The molecule has 3 rings (SSSR count). The maximum Gasteiger partial charge on any atom is 0.234 e. The zero-order valence-corrected chi connectivity index (χ0v) is 13.6.